The van der Waals surface area contributed by atoms with Crippen molar-refractivity contribution in [1.29, 1.82) is 0 Å². The van der Waals surface area contributed by atoms with Gasteiger partial charge in [-0.25, -0.2) is 0 Å². The molecule has 1 saturated heterocycles. The minimum atomic E-state index is -0.168. The Morgan fingerprint density at radius 2 is 1.87 bits per heavy atom. The van der Waals surface area contributed by atoms with Crippen LogP contribution in [0, 0.1) is 0 Å². The highest BCUT2D eigenvalue weighted by atomic mass is 16.5. The third-order valence-corrected chi connectivity index (χ3v) is 5.92. The molecule has 30 heavy (non-hydrogen) atoms. The second-order valence-corrected chi connectivity index (χ2v) is 8.04. The number of esters is 1. The fourth-order valence-corrected chi connectivity index (χ4v) is 4.41. The van der Waals surface area contributed by atoms with E-state index in [1.165, 1.54) is 22.0 Å². The Labute approximate surface area is 178 Å². The minimum Gasteiger partial charge on any atom is -0.466 e. The first-order valence-corrected chi connectivity index (χ1v) is 10.9. The minimum absolute atomic E-state index is 0.168. The van der Waals surface area contributed by atoms with E-state index < -0.39 is 0 Å². The number of nitrogens with zero attached hydrogens (tertiary/aromatic N) is 1. The zero-order valence-electron chi connectivity index (χ0n) is 17.8. The van der Waals surface area contributed by atoms with Crippen LogP contribution in [0.25, 0.3) is 10.8 Å². The smallest absolute Gasteiger partial charge is 0.310 e. The Bertz CT molecular complexity index is 994. The molecule has 1 fully saturated rings. The van der Waals surface area contributed by atoms with Gasteiger partial charge in [-0.1, -0.05) is 54.6 Å². The molecule has 0 bridgehead atoms. The number of rotatable bonds is 7. The van der Waals surface area contributed by atoms with Gasteiger partial charge in [0.2, 0.25) is 0 Å². The van der Waals surface area contributed by atoms with Crippen LogP contribution in [0.2, 0.25) is 0 Å². The second kappa shape index (κ2) is 9.31. The van der Waals surface area contributed by atoms with E-state index in [1.807, 2.05) is 19.1 Å². The molecule has 1 heterocycles. The van der Waals surface area contributed by atoms with Gasteiger partial charge in [0.1, 0.15) is 0 Å². The SMILES string of the molecule is CCOC(=O)Cc1ccc(N2CCC(N[C@H](C)c3cccc4ccccc34)C2)cc1. The van der Waals surface area contributed by atoms with Gasteiger partial charge in [-0.15, -0.1) is 0 Å². The number of ether oxygens (including phenoxy) is 1. The van der Waals surface area contributed by atoms with Crippen molar-refractivity contribution in [3.63, 3.8) is 0 Å². The average molecular weight is 403 g/mol. The van der Waals surface area contributed by atoms with E-state index in [2.05, 4.69) is 71.7 Å². The van der Waals surface area contributed by atoms with Gasteiger partial charge in [-0.05, 0) is 54.3 Å². The third kappa shape index (κ3) is 4.65. The highest BCUT2D eigenvalue weighted by Gasteiger charge is 2.24. The Balaban J connectivity index is 1.37. The highest BCUT2D eigenvalue weighted by Crippen LogP contribution is 2.27. The van der Waals surface area contributed by atoms with E-state index in [-0.39, 0.29) is 5.97 Å². The summed E-state index contributed by atoms with van der Waals surface area (Å²) in [5.74, 6) is -0.168. The van der Waals surface area contributed by atoms with Crippen LogP contribution in [0.15, 0.2) is 66.7 Å². The van der Waals surface area contributed by atoms with Crippen molar-refractivity contribution in [2.24, 2.45) is 0 Å². The molecule has 0 aromatic heterocycles. The van der Waals surface area contributed by atoms with Gasteiger partial charge in [-0.3, -0.25) is 4.79 Å². The lowest BCUT2D eigenvalue weighted by Gasteiger charge is -2.23. The first-order valence-electron chi connectivity index (χ1n) is 10.9. The molecule has 3 aromatic rings. The van der Waals surface area contributed by atoms with Crippen LogP contribution in [0.3, 0.4) is 0 Å². The summed E-state index contributed by atoms with van der Waals surface area (Å²) in [6.45, 7) is 6.55. The molecule has 1 aliphatic rings. The normalized spacial score (nSPS) is 17.3. The number of fused-ring (bicyclic) bond motifs is 1. The molecule has 1 N–H and O–H groups in total. The van der Waals surface area contributed by atoms with Gasteiger partial charge in [0, 0.05) is 30.9 Å². The van der Waals surface area contributed by atoms with Crippen LogP contribution in [0.4, 0.5) is 5.69 Å². The number of nitrogens with one attached hydrogen (secondary N) is 1. The predicted octanol–water partition coefficient (Wildman–Crippen LogP) is 4.87. The molecule has 0 aliphatic carbocycles. The van der Waals surface area contributed by atoms with Gasteiger partial charge in [0.25, 0.3) is 0 Å². The maximum Gasteiger partial charge on any atom is 0.310 e. The van der Waals surface area contributed by atoms with Crippen molar-refractivity contribution in [3.8, 4) is 0 Å². The van der Waals surface area contributed by atoms with Crippen LogP contribution in [-0.4, -0.2) is 31.7 Å². The monoisotopic (exact) mass is 402 g/mol. The summed E-state index contributed by atoms with van der Waals surface area (Å²) < 4.78 is 5.03. The number of anilines is 1. The quantitative estimate of drug-likeness (QED) is 0.572. The lowest BCUT2D eigenvalue weighted by atomic mass is 9.99. The van der Waals surface area contributed by atoms with Gasteiger partial charge in [-0.2, -0.15) is 0 Å². The van der Waals surface area contributed by atoms with E-state index in [9.17, 15) is 4.79 Å². The van der Waals surface area contributed by atoms with E-state index in [0.29, 0.717) is 25.1 Å². The van der Waals surface area contributed by atoms with Crippen LogP contribution in [0.1, 0.15) is 37.4 Å². The molecule has 0 spiro atoms. The number of carbonyl (C=O) groups is 1. The lowest BCUT2D eigenvalue weighted by Crippen LogP contribution is -2.34. The molecule has 3 aromatic carbocycles. The second-order valence-electron chi connectivity index (χ2n) is 8.04. The summed E-state index contributed by atoms with van der Waals surface area (Å²) in [5, 5.41) is 6.45. The topological polar surface area (TPSA) is 41.6 Å². The molecule has 4 heteroatoms. The summed E-state index contributed by atoms with van der Waals surface area (Å²) in [7, 11) is 0. The first kappa shape index (κ1) is 20.4. The van der Waals surface area contributed by atoms with Crippen LogP contribution >= 0.6 is 0 Å². The van der Waals surface area contributed by atoms with Gasteiger partial charge in [0.05, 0.1) is 13.0 Å². The molecular weight excluding hydrogens is 372 g/mol. The zero-order valence-corrected chi connectivity index (χ0v) is 17.8. The van der Waals surface area contributed by atoms with E-state index in [1.54, 1.807) is 0 Å². The van der Waals surface area contributed by atoms with Crippen molar-refractivity contribution < 1.29 is 9.53 Å². The van der Waals surface area contributed by atoms with Crippen LogP contribution in [0.5, 0.6) is 0 Å². The van der Waals surface area contributed by atoms with Gasteiger partial charge >= 0.3 is 5.97 Å². The van der Waals surface area contributed by atoms with Crippen molar-refractivity contribution >= 4 is 22.4 Å². The first-order chi connectivity index (χ1) is 14.6. The summed E-state index contributed by atoms with van der Waals surface area (Å²) in [5.41, 5.74) is 3.57. The van der Waals surface area contributed by atoms with Gasteiger partial charge in [0.15, 0.2) is 0 Å². The predicted molar refractivity (Wildman–Crippen MR) is 123 cm³/mol. The Kier molecular flexibility index (Phi) is 6.34. The molecule has 1 unspecified atom stereocenters. The molecule has 0 saturated carbocycles. The summed E-state index contributed by atoms with van der Waals surface area (Å²) in [6.07, 6.45) is 1.46. The third-order valence-electron chi connectivity index (χ3n) is 5.92. The maximum atomic E-state index is 11.7. The van der Waals surface area contributed by atoms with Crippen molar-refractivity contribution in [2.75, 3.05) is 24.6 Å². The average Bonchev–Trinajstić information content (AvgIpc) is 3.22. The molecular formula is C26H30N2O2. The summed E-state index contributed by atoms with van der Waals surface area (Å²) in [4.78, 5) is 14.1. The maximum absolute atomic E-state index is 11.7. The zero-order chi connectivity index (χ0) is 20.9. The molecule has 1 aliphatic heterocycles. The van der Waals surface area contributed by atoms with Crippen molar-refractivity contribution in [3.05, 3.63) is 77.9 Å². The Morgan fingerprint density at radius 3 is 2.67 bits per heavy atom. The standard InChI is InChI=1S/C26H30N2O2/c1-3-30-26(29)17-20-11-13-23(14-12-20)28-16-15-22(18-28)27-19(2)24-10-6-8-21-7-4-5-9-25(21)24/h4-14,19,22,27H,3,15-18H2,1-2H3/t19-,22?/m1/s1. The van der Waals surface area contributed by atoms with Crippen LogP contribution < -0.4 is 10.2 Å². The Morgan fingerprint density at radius 1 is 1.10 bits per heavy atom. The van der Waals surface area contributed by atoms with Crippen LogP contribution in [-0.2, 0) is 16.0 Å². The van der Waals surface area contributed by atoms with Crippen molar-refractivity contribution in [2.45, 2.75) is 38.8 Å². The van der Waals surface area contributed by atoms with E-state index >= 15 is 0 Å². The molecule has 156 valence electrons. The fraction of sp³-hybridized carbons (Fsp3) is 0.346. The fourth-order valence-electron chi connectivity index (χ4n) is 4.41. The molecule has 4 rings (SSSR count). The summed E-state index contributed by atoms with van der Waals surface area (Å²) in [6, 6.07) is 24.2. The Hall–Kier alpha value is -2.85. The number of benzene rings is 3. The summed E-state index contributed by atoms with van der Waals surface area (Å²) >= 11 is 0. The van der Waals surface area contributed by atoms with E-state index in [4.69, 9.17) is 4.74 Å². The lowest BCUT2D eigenvalue weighted by molar-refractivity contribution is -0.142. The molecule has 0 radical (unpaired) electrons. The number of hydrogen-bond donors (Lipinski definition) is 1. The molecule has 4 nitrogen and oxygen atoms in total. The van der Waals surface area contributed by atoms with Gasteiger partial charge < -0.3 is 15.0 Å². The number of hydrogen-bond acceptors (Lipinski definition) is 4. The molecule has 0 amide bonds. The van der Waals surface area contributed by atoms with Crippen molar-refractivity contribution in [1.82, 2.24) is 5.32 Å². The number of carbonyl (C=O) groups excluding carboxylic acids is 1. The van der Waals surface area contributed by atoms with E-state index in [0.717, 1.165) is 25.1 Å². The largest absolute Gasteiger partial charge is 0.466 e. The molecule has 2 atom stereocenters. The highest BCUT2D eigenvalue weighted by molar-refractivity contribution is 5.86.